The van der Waals surface area contributed by atoms with E-state index in [1.165, 1.54) is 38.1 Å². The van der Waals surface area contributed by atoms with Crippen molar-refractivity contribution in [2.24, 2.45) is 0 Å². The first-order valence-electron chi connectivity index (χ1n) is 8.67. The van der Waals surface area contributed by atoms with E-state index in [-0.39, 0.29) is 6.03 Å². The Labute approximate surface area is 133 Å². The van der Waals surface area contributed by atoms with Crippen molar-refractivity contribution in [2.75, 3.05) is 31.9 Å². The zero-order valence-electron chi connectivity index (χ0n) is 13.2. The lowest BCUT2D eigenvalue weighted by atomic mass is 10.2. The van der Waals surface area contributed by atoms with E-state index < -0.39 is 0 Å². The fourth-order valence-corrected chi connectivity index (χ4v) is 5.20. The van der Waals surface area contributed by atoms with Crippen LogP contribution in [0, 0.1) is 0 Å². The fraction of sp³-hybridized carbons (Fsp3) is 0.938. The molecule has 2 aliphatic heterocycles. The smallest absolute Gasteiger partial charge is 0.317 e. The molecule has 3 aliphatic rings. The number of nitrogens with one attached hydrogen (secondary N) is 1. The maximum atomic E-state index is 12.4. The van der Waals surface area contributed by atoms with Gasteiger partial charge in [0.2, 0.25) is 0 Å². The molecule has 0 radical (unpaired) electrons. The number of hydrogen-bond donors (Lipinski definition) is 1. The van der Waals surface area contributed by atoms with E-state index in [2.05, 4.69) is 17.1 Å². The van der Waals surface area contributed by atoms with E-state index >= 15 is 0 Å². The number of thioether (sulfide) groups is 1. The van der Waals surface area contributed by atoms with Crippen molar-refractivity contribution in [3.05, 3.63) is 0 Å². The summed E-state index contributed by atoms with van der Waals surface area (Å²) >= 11 is 2.05. The molecule has 4 nitrogen and oxygen atoms in total. The second-order valence-electron chi connectivity index (χ2n) is 6.67. The van der Waals surface area contributed by atoms with Gasteiger partial charge in [0, 0.05) is 30.4 Å². The minimum Gasteiger partial charge on any atom is -0.335 e. The lowest BCUT2D eigenvalue weighted by molar-refractivity contribution is 0.195. The molecule has 120 valence electrons. The molecule has 2 amide bonds. The number of rotatable bonds is 4. The van der Waals surface area contributed by atoms with Crippen molar-refractivity contribution in [1.29, 1.82) is 0 Å². The predicted molar refractivity (Wildman–Crippen MR) is 88.9 cm³/mol. The summed E-state index contributed by atoms with van der Waals surface area (Å²) in [5.41, 5.74) is 0. The number of nitrogens with zero attached hydrogens (tertiary/aromatic N) is 2. The average molecular weight is 311 g/mol. The van der Waals surface area contributed by atoms with Crippen LogP contribution < -0.4 is 5.32 Å². The molecule has 1 saturated carbocycles. The number of amides is 2. The second kappa shape index (κ2) is 7.23. The van der Waals surface area contributed by atoms with Crippen LogP contribution in [0.1, 0.15) is 45.4 Å². The maximum Gasteiger partial charge on any atom is 0.317 e. The van der Waals surface area contributed by atoms with Gasteiger partial charge in [0.25, 0.3) is 0 Å². The molecular weight excluding hydrogens is 282 g/mol. The van der Waals surface area contributed by atoms with Gasteiger partial charge in [-0.2, -0.15) is 11.8 Å². The van der Waals surface area contributed by atoms with E-state index in [0.717, 1.165) is 37.6 Å². The Bertz CT molecular complexity index is 359. The Morgan fingerprint density at radius 3 is 2.76 bits per heavy atom. The summed E-state index contributed by atoms with van der Waals surface area (Å²) in [6.07, 6.45) is 7.41. The maximum absolute atomic E-state index is 12.4. The molecule has 2 saturated heterocycles. The molecular formula is C16H29N3OS. The molecule has 3 rings (SSSR count). The first-order valence-corrected chi connectivity index (χ1v) is 9.72. The first kappa shape index (κ1) is 15.5. The van der Waals surface area contributed by atoms with Crippen molar-refractivity contribution in [1.82, 2.24) is 15.1 Å². The zero-order chi connectivity index (χ0) is 14.7. The minimum absolute atomic E-state index is 0.184. The Morgan fingerprint density at radius 1 is 1.19 bits per heavy atom. The number of carbonyl (C=O) groups is 1. The van der Waals surface area contributed by atoms with Gasteiger partial charge in [-0.1, -0.05) is 6.92 Å². The van der Waals surface area contributed by atoms with Crippen LogP contribution in [0.4, 0.5) is 4.79 Å². The summed E-state index contributed by atoms with van der Waals surface area (Å²) in [5, 5.41) is 4.04. The van der Waals surface area contributed by atoms with Crippen molar-refractivity contribution in [3.63, 3.8) is 0 Å². The molecule has 3 atom stereocenters. The summed E-state index contributed by atoms with van der Waals surface area (Å²) in [7, 11) is 0. The van der Waals surface area contributed by atoms with E-state index in [9.17, 15) is 4.79 Å². The van der Waals surface area contributed by atoms with Crippen LogP contribution in [0.25, 0.3) is 0 Å². The molecule has 0 aromatic heterocycles. The van der Waals surface area contributed by atoms with Gasteiger partial charge in [-0.15, -0.1) is 0 Å². The van der Waals surface area contributed by atoms with Crippen LogP contribution in [0.15, 0.2) is 0 Å². The van der Waals surface area contributed by atoms with Gasteiger partial charge in [-0.05, 0) is 57.4 Å². The van der Waals surface area contributed by atoms with Gasteiger partial charge >= 0.3 is 6.03 Å². The summed E-state index contributed by atoms with van der Waals surface area (Å²) in [5.74, 6) is 1.19. The summed E-state index contributed by atoms with van der Waals surface area (Å²) in [6, 6.07) is 1.21. The van der Waals surface area contributed by atoms with Crippen LogP contribution >= 0.6 is 11.8 Å². The highest BCUT2D eigenvalue weighted by atomic mass is 32.2. The summed E-state index contributed by atoms with van der Waals surface area (Å²) in [4.78, 5) is 17.0. The number of urea groups is 1. The van der Waals surface area contributed by atoms with Gasteiger partial charge in [0.1, 0.15) is 0 Å². The molecule has 0 spiro atoms. The lowest BCUT2D eigenvalue weighted by Gasteiger charge is -2.24. The highest BCUT2D eigenvalue weighted by Gasteiger charge is 2.33. The monoisotopic (exact) mass is 311 g/mol. The van der Waals surface area contributed by atoms with Crippen LogP contribution in [0.2, 0.25) is 0 Å². The Kier molecular flexibility index (Phi) is 5.33. The van der Waals surface area contributed by atoms with E-state index in [0.29, 0.717) is 12.1 Å². The topological polar surface area (TPSA) is 35.6 Å². The molecule has 2 heterocycles. The SMILES string of the molecule is CCSC1CCC(NC(=O)N2CCC(N3CCCC3)C2)C1. The second-order valence-corrected chi connectivity index (χ2v) is 8.25. The van der Waals surface area contributed by atoms with Gasteiger partial charge in [-0.25, -0.2) is 4.79 Å². The first-order chi connectivity index (χ1) is 10.3. The molecule has 0 aromatic rings. The molecule has 1 aliphatic carbocycles. The van der Waals surface area contributed by atoms with Gasteiger partial charge in [0.05, 0.1) is 0 Å². The number of carbonyl (C=O) groups excluding carboxylic acids is 1. The zero-order valence-corrected chi connectivity index (χ0v) is 14.0. The van der Waals surface area contributed by atoms with Crippen LogP contribution in [0.5, 0.6) is 0 Å². The summed E-state index contributed by atoms with van der Waals surface area (Å²) < 4.78 is 0. The largest absolute Gasteiger partial charge is 0.335 e. The number of hydrogen-bond acceptors (Lipinski definition) is 3. The van der Waals surface area contributed by atoms with Crippen molar-refractivity contribution in [2.45, 2.75) is 62.8 Å². The van der Waals surface area contributed by atoms with Gasteiger partial charge in [0.15, 0.2) is 0 Å². The molecule has 1 N–H and O–H groups in total. The third-order valence-corrected chi connectivity index (χ3v) is 6.46. The van der Waals surface area contributed by atoms with Crippen LogP contribution in [-0.2, 0) is 0 Å². The Balaban J connectivity index is 1.42. The molecule has 0 aromatic carbocycles. The highest BCUT2D eigenvalue weighted by molar-refractivity contribution is 7.99. The summed E-state index contributed by atoms with van der Waals surface area (Å²) in [6.45, 7) is 6.56. The normalized spacial score (nSPS) is 33.8. The third kappa shape index (κ3) is 3.86. The Morgan fingerprint density at radius 2 is 2.00 bits per heavy atom. The predicted octanol–water partition coefficient (Wildman–Crippen LogP) is 2.54. The number of likely N-dealkylation sites (tertiary alicyclic amines) is 2. The van der Waals surface area contributed by atoms with Gasteiger partial charge < -0.3 is 10.2 Å². The van der Waals surface area contributed by atoms with E-state index in [1.807, 2.05) is 16.7 Å². The minimum atomic E-state index is 0.184. The van der Waals surface area contributed by atoms with Crippen molar-refractivity contribution in [3.8, 4) is 0 Å². The Hall–Kier alpha value is -0.420. The fourth-order valence-electron chi connectivity index (χ4n) is 4.06. The molecule has 0 bridgehead atoms. The van der Waals surface area contributed by atoms with Crippen molar-refractivity contribution < 1.29 is 4.79 Å². The van der Waals surface area contributed by atoms with Gasteiger partial charge in [-0.3, -0.25) is 4.90 Å². The average Bonchev–Trinajstić information content (AvgIpc) is 3.20. The molecule has 5 heteroatoms. The molecule has 21 heavy (non-hydrogen) atoms. The van der Waals surface area contributed by atoms with Crippen molar-refractivity contribution >= 4 is 17.8 Å². The third-order valence-electron chi connectivity index (χ3n) is 5.22. The standard InChI is InChI=1S/C16H29N3OS/c1-2-21-15-6-5-13(11-15)17-16(20)19-10-7-14(12-19)18-8-3-4-9-18/h13-15H,2-12H2,1H3,(H,17,20). The van der Waals surface area contributed by atoms with E-state index in [1.54, 1.807) is 0 Å². The van der Waals surface area contributed by atoms with Crippen LogP contribution in [0.3, 0.4) is 0 Å². The quantitative estimate of drug-likeness (QED) is 0.866. The van der Waals surface area contributed by atoms with Crippen LogP contribution in [-0.4, -0.2) is 65.1 Å². The van der Waals surface area contributed by atoms with E-state index in [4.69, 9.17) is 0 Å². The molecule has 3 unspecified atom stereocenters. The molecule has 3 fully saturated rings. The lowest BCUT2D eigenvalue weighted by Crippen LogP contribution is -2.44. The highest BCUT2D eigenvalue weighted by Crippen LogP contribution is 2.30.